The van der Waals surface area contributed by atoms with E-state index < -0.39 is 42.0 Å². The van der Waals surface area contributed by atoms with Crippen molar-refractivity contribution in [1.82, 2.24) is 4.90 Å². The maximum atomic E-state index is 14.2. The highest BCUT2D eigenvalue weighted by atomic mass is 35.5. The van der Waals surface area contributed by atoms with Crippen molar-refractivity contribution < 1.29 is 58.0 Å². The molecular weight excluding hydrogens is 952 g/mol. The monoisotopic (exact) mass is 1040 g/mol. The summed E-state index contributed by atoms with van der Waals surface area (Å²) >= 11 is 6.87. The minimum absolute atomic E-state index is 0.00664. The number of hydroxylamine groups is 1. The lowest BCUT2D eigenvalue weighted by atomic mass is 9.76. The molecule has 0 aromatic heterocycles. The Balaban J connectivity index is 0.000000728. The molecule has 1 amide bonds. The minimum Gasteiger partial charge on any atom is -0.460 e. The standard InChI is InChI=1S/C49H69ClN2O9.C8H16O2.CH4O/c1-28(2)42-27-36(53)18-16-30(4)33(7)47(58-8)44(54)32(6)25-35-26-34-12-11-13-39(50)43(34)52-40(35)22-21-38(61-52)24-29(3)15-19-37-20-17-31(5)46(59-37)45(55)48(56)51-23-10-9-14-41(51)49(57)60-42;1-6-3-4-7(9)8(5-6)10-2;1-2/h11-13,16,24,28,31-33,35,37-38,40-42,46-47H,9-10,14-15,17-23,25-27H2,1-8H3;6-9H,3-5H2,1-2H3;2H,1H3/b29-24+,30-16+;;/t31-,32-,33-,35-,37-,38?,40?,41+,42+,46-,47-;6-,7-,8-;/m11./s1. The number of amides is 1. The average molecular weight is 1040 g/mol. The highest BCUT2D eigenvalue weighted by Crippen LogP contribution is 2.45. The largest absolute Gasteiger partial charge is 0.460 e. The fourth-order valence-corrected chi connectivity index (χ4v) is 12.0. The molecule has 73 heavy (non-hydrogen) atoms. The van der Waals surface area contributed by atoms with Gasteiger partial charge in [-0.25, -0.2) is 9.86 Å². The number of rotatable bonds is 3. The number of halogens is 1. The lowest BCUT2D eigenvalue weighted by molar-refractivity contribution is -0.169. The van der Waals surface area contributed by atoms with Crippen LogP contribution in [0.15, 0.2) is 41.5 Å². The molecule has 2 unspecified atom stereocenters. The molecule has 1 aliphatic carbocycles. The van der Waals surface area contributed by atoms with Gasteiger partial charge in [0.15, 0.2) is 5.78 Å². The van der Waals surface area contributed by atoms with Crippen LogP contribution < -0.4 is 5.06 Å². The predicted molar refractivity (Wildman–Crippen MR) is 283 cm³/mol. The van der Waals surface area contributed by atoms with E-state index in [0.717, 1.165) is 87.3 Å². The van der Waals surface area contributed by atoms with Crippen LogP contribution in [-0.4, -0.2) is 127 Å². The number of piperidine rings is 1. The Morgan fingerprint density at radius 3 is 2.27 bits per heavy atom. The normalized spacial score (nSPS) is 36.0. The second-order valence-electron chi connectivity index (χ2n) is 22.3. The molecule has 410 valence electrons. The first-order valence-electron chi connectivity index (χ1n) is 27.3. The van der Waals surface area contributed by atoms with Gasteiger partial charge in [0.05, 0.1) is 35.1 Å². The van der Waals surface area contributed by atoms with Crippen LogP contribution in [0.1, 0.15) is 157 Å². The topological polar surface area (TPSA) is 178 Å². The van der Waals surface area contributed by atoms with Gasteiger partial charge in [0.25, 0.3) is 5.91 Å². The Morgan fingerprint density at radius 2 is 1.59 bits per heavy atom. The second kappa shape index (κ2) is 28.6. The van der Waals surface area contributed by atoms with Crippen molar-refractivity contribution in [3.63, 3.8) is 0 Å². The molecule has 3 saturated heterocycles. The Hall–Kier alpha value is -3.50. The Morgan fingerprint density at radius 1 is 0.849 bits per heavy atom. The van der Waals surface area contributed by atoms with Gasteiger partial charge in [-0.2, -0.15) is 0 Å². The molecular formula is C58H89ClN2O12. The maximum Gasteiger partial charge on any atom is 0.329 e. The third-order valence-corrected chi connectivity index (χ3v) is 16.8. The van der Waals surface area contributed by atoms with E-state index in [9.17, 15) is 29.1 Å². The number of aliphatic hydroxyl groups excluding tert-OH is 2. The zero-order valence-electron chi connectivity index (χ0n) is 45.8. The summed E-state index contributed by atoms with van der Waals surface area (Å²) in [6, 6.07) is 5.10. The molecule has 6 bridgehead atoms. The van der Waals surface area contributed by atoms with E-state index >= 15 is 0 Å². The fraction of sp³-hybridized carbons (Fsp3) is 0.741. The minimum atomic E-state index is -0.911. The van der Waals surface area contributed by atoms with E-state index in [1.807, 2.05) is 64.8 Å². The van der Waals surface area contributed by atoms with E-state index in [-0.39, 0.29) is 91.0 Å². The first-order valence-corrected chi connectivity index (χ1v) is 27.7. The van der Waals surface area contributed by atoms with Crippen LogP contribution in [0.25, 0.3) is 0 Å². The predicted octanol–water partition coefficient (Wildman–Crippen LogP) is 9.56. The molecule has 14 atom stereocenters. The van der Waals surface area contributed by atoms with Crippen molar-refractivity contribution in [2.75, 3.05) is 32.9 Å². The highest BCUT2D eigenvalue weighted by molar-refractivity contribution is 6.38. The number of fused-ring (bicyclic) bond motifs is 16. The molecule has 14 nitrogen and oxygen atoms in total. The molecule has 0 spiro atoms. The number of carbonyl (C=O) groups is 5. The third kappa shape index (κ3) is 15.8. The number of anilines is 1. The van der Waals surface area contributed by atoms with Gasteiger partial charge in [-0.05, 0) is 139 Å². The van der Waals surface area contributed by atoms with Gasteiger partial charge >= 0.3 is 5.97 Å². The van der Waals surface area contributed by atoms with E-state index in [0.29, 0.717) is 43.0 Å². The summed E-state index contributed by atoms with van der Waals surface area (Å²) in [5.74, 6) is -2.00. The van der Waals surface area contributed by atoms with Crippen LogP contribution in [0.3, 0.4) is 0 Å². The van der Waals surface area contributed by atoms with Crippen molar-refractivity contribution >= 4 is 46.5 Å². The number of ether oxygens (including phenoxy) is 4. The number of esters is 1. The summed E-state index contributed by atoms with van der Waals surface area (Å²) in [5, 5.41) is 19.0. The van der Waals surface area contributed by atoms with Crippen molar-refractivity contribution in [3.8, 4) is 0 Å². The molecule has 2 N–H and O–H groups in total. The van der Waals surface area contributed by atoms with Gasteiger partial charge in [-0.1, -0.05) is 88.6 Å². The van der Waals surface area contributed by atoms with Crippen molar-refractivity contribution in [1.29, 1.82) is 0 Å². The molecule has 7 aliphatic rings. The summed E-state index contributed by atoms with van der Waals surface area (Å²) in [6.45, 7) is 16.2. The number of aliphatic hydroxyl groups is 2. The molecule has 1 aromatic rings. The van der Waals surface area contributed by atoms with Crippen LogP contribution in [0.4, 0.5) is 5.69 Å². The van der Waals surface area contributed by atoms with Gasteiger partial charge in [-0.3, -0.25) is 24.0 Å². The molecule has 6 aliphatic heterocycles. The zero-order valence-corrected chi connectivity index (χ0v) is 46.6. The molecule has 1 aromatic carbocycles. The number of Topliss-reactive ketones (excluding diaryl/α,β-unsaturated/α-hetero) is 3. The highest BCUT2D eigenvalue weighted by Gasteiger charge is 2.45. The number of nitrogens with zero attached hydrogens (tertiary/aromatic N) is 2. The van der Waals surface area contributed by atoms with E-state index in [1.54, 1.807) is 14.2 Å². The number of carbonyl (C=O) groups excluding carboxylic acids is 5. The number of hydrogen-bond acceptors (Lipinski definition) is 13. The van der Waals surface area contributed by atoms with Gasteiger partial charge in [0.1, 0.15) is 36.2 Å². The second-order valence-corrected chi connectivity index (χ2v) is 22.8. The first kappa shape index (κ1) is 60.4. The fourth-order valence-electron chi connectivity index (χ4n) is 11.8. The molecule has 4 fully saturated rings. The van der Waals surface area contributed by atoms with Gasteiger partial charge < -0.3 is 34.1 Å². The maximum absolute atomic E-state index is 14.2. The Bertz CT molecular complexity index is 2080. The summed E-state index contributed by atoms with van der Waals surface area (Å²) in [5.41, 5.74) is 4.02. The van der Waals surface area contributed by atoms with Crippen molar-refractivity contribution in [3.05, 3.63) is 52.1 Å². The van der Waals surface area contributed by atoms with Gasteiger partial charge in [-0.15, -0.1) is 0 Å². The van der Waals surface area contributed by atoms with E-state index in [2.05, 4.69) is 26.0 Å². The van der Waals surface area contributed by atoms with Gasteiger partial charge in [0.2, 0.25) is 5.78 Å². The summed E-state index contributed by atoms with van der Waals surface area (Å²) < 4.78 is 23.5. The number of hydrogen-bond donors (Lipinski definition) is 2. The number of methoxy groups -OCH3 is 2. The van der Waals surface area contributed by atoms with Gasteiger partial charge in [0, 0.05) is 52.6 Å². The average Bonchev–Trinajstić information content (AvgIpc) is 3.38. The van der Waals surface area contributed by atoms with Crippen LogP contribution >= 0.6 is 11.6 Å². The van der Waals surface area contributed by atoms with Crippen LogP contribution in [-0.2, 0) is 54.2 Å². The molecule has 1 saturated carbocycles. The number of para-hydroxylation sites is 1. The third-order valence-electron chi connectivity index (χ3n) is 16.5. The number of benzene rings is 1. The van der Waals surface area contributed by atoms with Crippen LogP contribution in [0.2, 0.25) is 5.02 Å². The summed E-state index contributed by atoms with van der Waals surface area (Å²) in [6.07, 6.45) is 12.3. The van der Waals surface area contributed by atoms with Crippen LogP contribution in [0.5, 0.6) is 0 Å². The summed E-state index contributed by atoms with van der Waals surface area (Å²) in [4.78, 5) is 77.6. The lowest BCUT2D eigenvalue weighted by Gasteiger charge is -2.48. The van der Waals surface area contributed by atoms with Crippen molar-refractivity contribution in [2.24, 2.45) is 35.5 Å². The quantitative estimate of drug-likeness (QED) is 0.166. The molecule has 15 heteroatoms. The molecule has 6 heterocycles. The summed E-state index contributed by atoms with van der Waals surface area (Å²) in [7, 11) is 4.24. The smallest absolute Gasteiger partial charge is 0.329 e. The van der Waals surface area contributed by atoms with E-state index in [4.69, 9.17) is 40.5 Å². The number of allylic oxidation sites excluding steroid dienone is 2. The van der Waals surface area contributed by atoms with Crippen LogP contribution in [0, 0.1) is 35.5 Å². The number of ketones is 3. The Kier molecular flexibility index (Phi) is 23.6. The molecule has 0 radical (unpaired) electrons. The first-order chi connectivity index (χ1) is 34.8. The zero-order chi connectivity index (χ0) is 53.7. The molecule has 8 rings (SSSR count). The van der Waals surface area contributed by atoms with E-state index in [1.165, 1.54) is 4.90 Å². The SMILES string of the molecule is CO.CO[C@@H]1C[C@H](C)CC[C@H]1O.CO[C@H]1C(=O)[C@H](C)C[C@@H]2Cc3cccc(Cl)c3N3OC(/C=C(\C)CC[C@@H]4CC[C@@H](C)[C@@H](O4)C(=O)C(=O)N4CCCC[C@H]4C(=O)O[C@H](C(C)C)CC(=O)C/C=C(\C)[C@H]1C)CCC23. The lowest BCUT2D eigenvalue weighted by Crippen LogP contribution is -2.55. The van der Waals surface area contributed by atoms with Crippen molar-refractivity contribution in [2.45, 2.75) is 213 Å². The Labute approximate surface area is 441 Å².